The first kappa shape index (κ1) is 20.0. The zero-order chi connectivity index (χ0) is 20.3. The lowest BCUT2D eigenvalue weighted by Crippen LogP contribution is -2.50. The molecular weight excluding hydrogens is 368 g/mol. The summed E-state index contributed by atoms with van der Waals surface area (Å²) in [6, 6.07) is 5.93. The number of carbonyl (C=O) groups excluding carboxylic acids is 2. The van der Waals surface area contributed by atoms with Crippen molar-refractivity contribution in [1.29, 1.82) is 0 Å². The van der Waals surface area contributed by atoms with E-state index in [0.717, 1.165) is 12.1 Å². The predicted octanol–water partition coefficient (Wildman–Crippen LogP) is 3.09. The van der Waals surface area contributed by atoms with E-state index in [4.69, 9.17) is 4.42 Å². The van der Waals surface area contributed by atoms with Gasteiger partial charge >= 0.3 is 0 Å². The highest BCUT2D eigenvalue weighted by Crippen LogP contribution is 2.18. The van der Waals surface area contributed by atoms with Crippen LogP contribution in [-0.2, 0) is 4.79 Å². The number of hydrogen-bond donors (Lipinski definition) is 2. The Labute approximate surface area is 161 Å². The van der Waals surface area contributed by atoms with Gasteiger partial charge in [-0.05, 0) is 51.0 Å². The van der Waals surface area contributed by atoms with Gasteiger partial charge in [0.05, 0.1) is 11.7 Å². The van der Waals surface area contributed by atoms with E-state index in [1.54, 1.807) is 26.0 Å². The summed E-state index contributed by atoms with van der Waals surface area (Å²) in [5.74, 6) is -1.15. The van der Waals surface area contributed by atoms with E-state index in [-0.39, 0.29) is 29.3 Å². The summed E-state index contributed by atoms with van der Waals surface area (Å²) in [6.45, 7) is 4.74. The molecule has 2 aromatic rings. The SMILES string of the molecule is Cc1ccc(C(=O)NC2CCN(C(C)C(=O)Nc3ccc(F)cc3F)CC2)o1. The standard InChI is InChI=1S/C20H23F2N3O3/c1-12-3-6-18(28-12)20(27)23-15-7-9-25(10-8-15)13(2)19(26)24-17-5-4-14(21)11-16(17)22/h3-6,11,13,15H,7-10H2,1-2H3,(H,23,27)(H,24,26). The van der Waals surface area contributed by atoms with Crippen molar-refractivity contribution in [2.45, 2.75) is 38.8 Å². The molecule has 1 aromatic heterocycles. The Kier molecular flexibility index (Phi) is 6.08. The summed E-state index contributed by atoms with van der Waals surface area (Å²) in [5, 5.41) is 5.44. The Hall–Kier alpha value is -2.74. The molecule has 1 fully saturated rings. The van der Waals surface area contributed by atoms with Crippen LogP contribution in [0.4, 0.5) is 14.5 Å². The van der Waals surface area contributed by atoms with Gasteiger partial charge in [0.15, 0.2) is 5.76 Å². The van der Waals surface area contributed by atoms with Crippen molar-refractivity contribution in [3.63, 3.8) is 0 Å². The van der Waals surface area contributed by atoms with E-state index in [1.165, 1.54) is 6.07 Å². The van der Waals surface area contributed by atoms with Gasteiger partial charge in [-0.25, -0.2) is 8.78 Å². The average Bonchev–Trinajstić information content (AvgIpc) is 3.10. The maximum Gasteiger partial charge on any atom is 0.287 e. The second-order valence-electron chi connectivity index (χ2n) is 6.98. The fourth-order valence-electron chi connectivity index (χ4n) is 3.24. The highest BCUT2D eigenvalue weighted by Gasteiger charge is 2.28. The van der Waals surface area contributed by atoms with Crippen LogP contribution in [0.3, 0.4) is 0 Å². The van der Waals surface area contributed by atoms with Crippen molar-refractivity contribution >= 4 is 17.5 Å². The lowest BCUT2D eigenvalue weighted by atomic mass is 10.0. The maximum atomic E-state index is 13.7. The molecule has 2 heterocycles. The molecule has 0 saturated carbocycles. The number of benzene rings is 1. The third-order valence-electron chi connectivity index (χ3n) is 4.95. The first-order valence-corrected chi connectivity index (χ1v) is 9.21. The van der Waals surface area contributed by atoms with Crippen LogP contribution in [0.5, 0.6) is 0 Å². The van der Waals surface area contributed by atoms with Crippen molar-refractivity contribution in [3.8, 4) is 0 Å². The van der Waals surface area contributed by atoms with Crippen LogP contribution in [0.25, 0.3) is 0 Å². The van der Waals surface area contributed by atoms with Crippen LogP contribution >= 0.6 is 0 Å². The van der Waals surface area contributed by atoms with E-state index in [2.05, 4.69) is 10.6 Å². The van der Waals surface area contributed by atoms with Crippen LogP contribution in [-0.4, -0.2) is 41.9 Å². The fraction of sp³-hybridized carbons (Fsp3) is 0.400. The molecular formula is C20H23F2N3O3. The minimum absolute atomic E-state index is 0.000963. The Morgan fingerprint density at radius 1 is 1.18 bits per heavy atom. The second kappa shape index (κ2) is 8.52. The molecule has 150 valence electrons. The van der Waals surface area contributed by atoms with E-state index >= 15 is 0 Å². The average molecular weight is 391 g/mol. The number of aryl methyl sites for hydroxylation is 1. The van der Waals surface area contributed by atoms with Crippen molar-refractivity contribution < 1.29 is 22.8 Å². The minimum Gasteiger partial charge on any atom is -0.456 e. The molecule has 1 atom stereocenters. The normalized spacial score (nSPS) is 16.6. The summed E-state index contributed by atoms with van der Waals surface area (Å²) >= 11 is 0. The molecule has 1 aliphatic heterocycles. The van der Waals surface area contributed by atoms with Gasteiger partial charge < -0.3 is 15.1 Å². The lowest BCUT2D eigenvalue weighted by molar-refractivity contribution is -0.121. The predicted molar refractivity (Wildman–Crippen MR) is 100.0 cm³/mol. The minimum atomic E-state index is -0.810. The summed E-state index contributed by atoms with van der Waals surface area (Å²) in [5.41, 5.74) is -0.0471. The van der Waals surface area contributed by atoms with Crippen molar-refractivity contribution in [2.24, 2.45) is 0 Å². The third kappa shape index (κ3) is 4.75. The highest BCUT2D eigenvalue weighted by molar-refractivity contribution is 5.94. The quantitative estimate of drug-likeness (QED) is 0.822. The number of rotatable bonds is 5. The molecule has 3 rings (SSSR count). The van der Waals surface area contributed by atoms with Crippen LogP contribution in [0.15, 0.2) is 34.7 Å². The van der Waals surface area contributed by atoms with E-state index in [0.29, 0.717) is 31.7 Å². The largest absolute Gasteiger partial charge is 0.456 e. The molecule has 1 unspecified atom stereocenters. The van der Waals surface area contributed by atoms with Gasteiger partial charge in [-0.3, -0.25) is 14.5 Å². The second-order valence-corrected chi connectivity index (χ2v) is 6.98. The number of carbonyl (C=O) groups is 2. The number of furan rings is 1. The van der Waals surface area contributed by atoms with Gasteiger partial charge in [0, 0.05) is 25.2 Å². The van der Waals surface area contributed by atoms with Crippen LogP contribution in [0, 0.1) is 18.6 Å². The summed E-state index contributed by atoms with van der Waals surface area (Å²) in [6.07, 6.45) is 1.38. The first-order chi connectivity index (χ1) is 13.3. The van der Waals surface area contributed by atoms with Gasteiger partial charge in [-0.15, -0.1) is 0 Å². The van der Waals surface area contributed by atoms with Crippen LogP contribution in [0.2, 0.25) is 0 Å². The fourth-order valence-corrected chi connectivity index (χ4v) is 3.24. The topological polar surface area (TPSA) is 74.6 Å². The summed E-state index contributed by atoms with van der Waals surface area (Å²) < 4.78 is 32.0. The molecule has 6 nitrogen and oxygen atoms in total. The molecule has 8 heteroatoms. The van der Waals surface area contributed by atoms with Gasteiger partial charge in [0.25, 0.3) is 5.91 Å². The van der Waals surface area contributed by atoms with E-state index in [1.807, 2.05) is 4.90 Å². The molecule has 2 amide bonds. The lowest BCUT2D eigenvalue weighted by Gasteiger charge is -2.35. The Morgan fingerprint density at radius 3 is 2.50 bits per heavy atom. The highest BCUT2D eigenvalue weighted by atomic mass is 19.1. The number of amides is 2. The van der Waals surface area contributed by atoms with E-state index < -0.39 is 17.7 Å². The smallest absolute Gasteiger partial charge is 0.287 e. The van der Waals surface area contributed by atoms with E-state index in [9.17, 15) is 18.4 Å². The molecule has 0 aliphatic carbocycles. The van der Waals surface area contributed by atoms with Gasteiger partial charge in [-0.2, -0.15) is 0 Å². The number of nitrogens with zero attached hydrogens (tertiary/aromatic N) is 1. The molecule has 0 radical (unpaired) electrons. The van der Waals surface area contributed by atoms with Crippen LogP contribution < -0.4 is 10.6 Å². The molecule has 1 aromatic carbocycles. The monoisotopic (exact) mass is 391 g/mol. The van der Waals surface area contributed by atoms with Gasteiger partial charge in [-0.1, -0.05) is 0 Å². The number of nitrogens with one attached hydrogen (secondary N) is 2. The molecule has 28 heavy (non-hydrogen) atoms. The van der Waals surface area contributed by atoms with Crippen molar-refractivity contribution in [3.05, 3.63) is 53.5 Å². The van der Waals surface area contributed by atoms with Gasteiger partial charge in [0.1, 0.15) is 17.4 Å². The number of halogens is 2. The number of hydrogen-bond acceptors (Lipinski definition) is 4. The zero-order valence-electron chi connectivity index (χ0n) is 15.8. The number of likely N-dealkylation sites (tertiary alicyclic amines) is 1. The first-order valence-electron chi connectivity index (χ1n) is 9.21. The molecule has 0 bridgehead atoms. The Bertz CT molecular complexity index is 860. The summed E-state index contributed by atoms with van der Waals surface area (Å²) in [7, 11) is 0. The third-order valence-corrected chi connectivity index (χ3v) is 4.95. The van der Waals surface area contributed by atoms with Crippen molar-refractivity contribution in [1.82, 2.24) is 10.2 Å². The molecule has 1 aliphatic rings. The Balaban J connectivity index is 1.49. The number of anilines is 1. The molecule has 0 spiro atoms. The zero-order valence-corrected chi connectivity index (χ0v) is 15.8. The summed E-state index contributed by atoms with van der Waals surface area (Å²) in [4.78, 5) is 26.5. The molecule has 2 N–H and O–H groups in total. The maximum absolute atomic E-state index is 13.7. The molecule has 1 saturated heterocycles. The van der Waals surface area contributed by atoms with Gasteiger partial charge in [0.2, 0.25) is 5.91 Å². The van der Waals surface area contributed by atoms with Crippen molar-refractivity contribution in [2.75, 3.05) is 18.4 Å². The number of piperidine rings is 1. The Morgan fingerprint density at radius 2 is 1.89 bits per heavy atom. The van der Waals surface area contributed by atoms with Crippen LogP contribution in [0.1, 0.15) is 36.1 Å².